The lowest BCUT2D eigenvalue weighted by Gasteiger charge is -2.41. The number of ether oxygens (including phenoxy) is 2. The molecule has 0 aliphatic carbocycles. The molecule has 0 bridgehead atoms. The van der Waals surface area contributed by atoms with Crippen LogP contribution in [0.1, 0.15) is 33.1 Å². The normalized spacial score (nSPS) is 25.6. The zero-order valence-electron chi connectivity index (χ0n) is 19.2. The fourth-order valence-electron chi connectivity index (χ4n) is 3.38. The van der Waals surface area contributed by atoms with Crippen LogP contribution in [0.4, 0.5) is 0 Å². The molecule has 1 fully saturated rings. The van der Waals surface area contributed by atoms with E-state index in [-0.39, 0.29) is 38.4 Å². The lowest BCUT2D eigenvalue weighted by molar-refractivity contribution is -0.289. The van der Waals surface area contributed by atoms with E-state index in [0.717, 1.165) is 0 Å². The van der Waals surface area contributed by atoms with Gasteiger partial charge in [-0.15, -0.1) is 0 Å². The number of hydrogen-bond acceptors (Lipinski definition) is 9. The molecular formula is C20H36N4O9. The van der Waals surface area contributed by atoms with Crippen molar-refractivity contribution in [2.24, 2.45) is 5.92 Å². The van der Waals surface area contributed by atoms with Crippen molar-refractivity contribution in [3.63, 3.8) is 0 Å². The summed E-state index contributed by atoms with van der Waals surface area (Å²) in [5, 5.41) is 39.6. The second kappa shape index (κ2) is 14.8. The van der Waals surface area contributed by atoms with Crippen molar-refractivity contribution in [3.8, 4) is 0 Å². The number of nitrogens with one attached hydrogen (secondary N) is 4. The molecule has 33 heavy (non-hydrogen) atoms. The predicted molar refractivity (Wildman–Crippen MR) is 114 cm³/mol. The minimum atomic E-state index is -1.11. The Morgan fingerprint density at radius 2 is 1.79 bits per heavy atom. The van der Waals surface area contributed by atoms with E-state index in [4.69, 9.17) is 9.47 Å². The number of rotatable bonds is 13. The van der Waals surface area contributed by atoms with Crippen molar-refractivity contribution in [1.82, 2.24) is 21.3 Å². The molecule has 0 spiro atoms. The number of amides is 4. The highest BCUT2D eigenvalue weighted by Gasteiger charge is 2.43. The van der Waals surface area contributed by atoms with E-state index in [2.05, 4.69) is 21.3 Å². The first-order chi connectivity index (χ1) is 15.6. The summed E-state index contributed by atoms with van der Waals surface area (Å²) in [6, 6.07) is -1.02. The molecule has 0 saturated carbocycles. The smallest absolute Gasteiger partial charge is 0.242 e. The molecular weight excluding hydrogens is 440 g/mol. The van der Waals surface area contributed by atoms with Crippen LogP contribution < -0.4 is 21.3 Å². The minimum absolute atomic E-state index is 0.00308. The third-order valence-corrected chi connectivity index (χ3v) is 5.27. The number of aliphatic hydroxyl groups is 3. The highest BCUT2D eigenvalue weighted by molar-refractivity contribution is 5.90. The SMILES string of the molecule is CC[C@@H]1[C@H](O)[C@@H](OCCNC(=O)[C@H](CCC(=O)NC)NC(=O)CNC(C)=O)O[C@H](CO)[C@H]1O. The van der Waals surface area contributed by atoms with Crippen LogP contribution in [0, 0.1) is 5.92 Å². The summed E-state index contributed by atoms with van der Waals surface area (Å²) >= 11 is 0. The average Bonchev–Trinajstić information content (AvgIpc) is 2.79. The van der Waals surface area contributed by atoms with Crippen LogP contribution in [0.2, 0.25) is 0 Å². The standard InChI is InChI=1S/C20H36N4O9/c1-4-12-17(29)14(10-25)33-20(18(12)30)32-8-7-22-19(31)13(5-6-15(27)21-3)24-16(28)9-23-11(2)26/h12-14,17-18,20,25,29-30H,4-10H2,1-3H3,(H,21,27)(H,22,31)(H,23,26)(H,24,28)/t12-,13-,14+,17-,18-,20-/m0/s1. The molecule has 6 atom stereocenters. The average molecular weight is 477 g/mol. The van der Waals surface area contributed by atoms with Crippen LogP contribution in [0.15, 0.2) is 0 Å². The number of carbonyl (C=O) groups excluding carboxylic acids is 4. The molecule has 0 aromatic heterocycles. The van der Waals surface area contributed by atoms with Gasteiger partial charge in [0.15, 0.2) is 6.29 Å². The zero-order valence-corrected chi connectivity index (χ0v) is 19.2. The van der Waals surface area contributed by atoms with Crippen molar-refractivity contribution in [1.29, 1.82) is 0 Å². The van der Waals surface area contributed by atoms with Gasteiger partial charge in [0.1, 0.15) is 18.2 Å². The summed E-state index contributed by atoms with van der Waals surface area (Å²) in [6.07, 6.45) is -3.65. The maximum absolute atomic E-state index is 12.5. The van der Waals surface area contributed by atoms with Gasteiger partial charge in [0.2, 0.25) is 23.6 Å². The number of hydrogen-bond donors (Lipinski definition) is 7. The predicted octanol–water partition coefficient (Wildman–Crippen LogP) is -3.27. The van der Waals surface area contributed by atoms with Gasteiger partial charge in [-0.3, -0.25) is 19.2 Å². The summed E-state index contributed by atoms with van der Waals surface area (Å²) in [5.74, 6) is -2.39. The lowest BCUT2D eigenvalue weighted by Crippen LogP contribution is -2.56. The molecule has 13 nitrogen and oxygen atoms in total. The highest BCUT2D eigenvalue weighted by Crippen LogP contribution is 2.28. The summed E-state index contributed by atoms with van der Waals surface area (Å²) in [4.78, 5) is 47.0. The van der Waals surface area contributed by atoms with Crippen LogP contribution in [0.3, 0.4) is 0 Å². The molecule has 13 heteroatoms. The van der Waals surface area contributed by atoms with Crippen molar-refractivity contribution >= 4 is 23.6 Å². The van der Waals surface area contributed by atoms with E-state index < -0.39 is 60.9 Å². The molecule has 0 aromatic carbocycles. The first-order valence-electron chi connectivity index (χ1n) is 10.9. The fraction of sp³-hybridized carbons (Fsp3) is 0.800. The van der Waals surface area contributed by atoms with E-state index in [0.29, 0.717) is 6.42 Å². The van der Waals surface area contributed by atoms with Crippen LogP contribution in [0.25, 0.3) is 0 Å². The molecule has 1 aliphatic heterocycles. The van der Waals surface area contributed by atoms with Gasteiger partial charge < -0.3 is 46.1 Å². The Labute approximate surface area is 192 Å². The van der Waals surface area contributed by atoms with Gasteiger partial charge in [-0.1, -0.05) is 6.92 Å². The molecule has 0 aromatic rings. The highest BCUT2D eigenvalue weighted by atomic mass is 16.7. The molecule has 4 amide bonds. The Morgan fingerprint density at radius 1 is 1.09 bits per heavy atom. The molecule has 190 valence electrons. The van der Waals surface area contributed by atoms with E-state index in [9.17, 15) is 34.5 Å². The summed E-state index contributed by atoms with van der Waals surface area (Å²) in [7, 11) is 1.45. The van der Waals surface area contributed by atoms with E-state index >= 15 is 0 Å². The van der Waals surface area contributed by atoms with Gasteiger partial charge in [0.05, 0.1) is 25.9 Å². The summed E-state index contributed by atoms with van der Waals surface area (Å²) in [6.45, 7) is 2.24. The van der Waals surface area contributed by atoms with Crippen LogP contribution in [-0.2, 0) is 28.7 Å². The van der Waals surface area contributed by atoms with Crippen molar-refractivity contribution < 1.29 is 44.0 Å². The van der Waals surface area contributed by atoms with Crippen LogP contribution in [0.5, 0.6) is 0 Å². The van der Waals surface area contributed by atoms with Crippen molar-refractivity contribution in [3.05, 3.63) is 0 Å². The topological polar surface area (TPSA) is 196 Å². The Kier molecular flexibility index (Phi) is 12.8. The largest absolute Gasteiger partial charge is 0.394 e. The van der Waals surface area contributed by atoms with E-state index in [1.807, 2.05) is 0 Å². The molecule has 1 aliphatic rings. The molecule has 7 N–H and O–H groups in total. The fourth-order valence-corrected chi connectivity index (χ4v) is 3.38. The summed E-state index contributed by atoms with van der Waals surface area (Å²) < 4.78 is 10.9. The molecule has 1 saturated heterocycles. The summed E-state index contributed by atoms with van der Waals surface area (Å²) in [5.41, 5.74) is 0. The Hall–Kier alpha value is -2.32. The lowest BCUT2D eigenvalue weighted by atomic mass is 9.87. The molecule has 1 heterocycles. The second-order valence-electron chi connectivity index (χ2n) is 7.68. The molecule has 1 rings (SSSR count). The number of carbonyl (C=O) groups is 4. The van der Waals surface area contributed by atoms with Gasteiger partial charge in [0.25, 0.3) is 0 Å². The minimum Gasteiger partial charge on any atom is -0.394 e. The van der Waals surface area contributed by atoms with Gasteiger partial charge in [-0.05, 0) is 12.8 Å². The Morgan fingerprint density at radius 3 is 2.36 bits per heavy atom. The van der Waals surface area contributed by atoms with Gasteiger partial charge in [-0.25, -0.2) is 0 Å². The third kappa shape index (κ3) is 9.60. The third-order valence-electron chi connectivity index (χ3n) is 5.27. The first kappa shape index (κ1) is 28.7. The monoisotopic (exact) mass is 476 g/mol. The number of aliphatic hydroxyl groups excluding tert-OH is 3. The Balaban J connectivity index is 2.58. The first-order valence-corrected chi connectivity index (χ1v) is 10.9. The van der Waals surface area contributed by atoms with Crippen molar-refractivity contribution in [2.75, 3.05) is 33.4 Å². The van der Waals surface area contributed by atoms with E-state index in [1.165, 1.54) is 14.0 Å². The maximum Gasteiger partial charge on any atom is 0.242 e. The van der Waals surface area contributed by atoms with Crippen LogP contribution >= 0.6 is 0 Å². The van der Waals surface area contributed by atoms with Gasteiger partial charge in [-0.2, -0.15) is 0 Å². The Bertz CT molecular complexity index is 663. The van der Waals surface area contributed by atoms with Crippen LogP contribution in [-0.4, -0.2) is 103 Å². The molecule has 0 radical (unpaired) electrons. The van der Waals surface area contributed by atoms with E-state index in [1.54, 1.807) is 6.92 Å². The quantitative estimate of drug-likeness (QED) is 0.133. The van der Waals surface area contributed by atoms with Gasteiger partial charge >= 0.3 is 0 Å². The maximum atomic E-state index is 12.5. The van der Waals surface area contributed by atoms with Gasteiger partial charge in [0, 0.05) is 32.9 Å². The second-order valence-corrected chi connectivity index (χ2v) is 7.68. The van der Waals surface area contributed by atoms with Crippen molar-refractivity contribution in [2.45, 2.75) is 63.8 Å². The molecule has 0 unspecified atom stereocenters. The zero-order chi connectivity index (χ0) is 25.0.